The predicted molar refractivity (Wildman–Crippen MR) is 52.9 cm³/mol. The third kappa shape index (κ3) is 2.86. The molecule has 0 atom stereocenters. The van der Waals surface area contributed by atoms with Crippen LogP contribution in [0.15, 0.2) is 24.3 Å². The Kier molecular flexibility index (Phi) is 2.62. The number of anilines is 1. The van der Waals surface area contributed by atoms with E-state index in [1.165, 1.54) is 24.3 Å². The lowest BCUT2D eigenvalue weighted by atomic mass is 10.2. The van der Waals surface area contributed by atoms with Crippen molar-refractivity contribution in [2.24, 2.45) is 0 Å². The highest BCUT2D eigenvalue weighted by atomic mass is 19.4. The largest absolute Gasteiger partial charge is 0.573 e. The maximum Gasteiger partial charge on any atom is 0.573 e. The molecule has 0 unspecified atom stereocenters. The number of benzene rings is 1. The summed E-state index contributed by atoms with van der Waals surface area (Å²) in [6.45, 7) is 0. The summed E-state index contributed by atoms with van der Waals surface area (Å²) in [6, 6.07) is 5.20. The molecule has 0 saturated carbocycles. The molecule has 2 aromatic rings. The molecule has 8 heteroatoms. The summed E-state index contributed by atoms with van der Waals surface area (Å²) < 4.78 is 39.4. The molecule has 0 fully saturated rings. The molecule has 1 aromatic carbocycles. The van der Waals surface area contributed by atoms with Crippen LogP contribution in [0.1, 0.15) is 0 Å². The van der Waals surface area contributed by atoms with Gasteiger partial charge in [0.25, 0.3) is 0 Å². The van der Waals surface area contributed by atoms with Crippen LogP contribution in [0.4, 0.5) is 19.1 Å². The van der Waals surface area contributed by atoms with E-state index >= 15 is 0 Å². The van der Waals surface area contributed by atoms with Crippen molar-refractivity contribution in [3.8, 4) is 17.1 Å². The average molecular weight is 244 g/mol. The second kappa shape index (κ2) is 3.96. The van der Waals surface area contributed by atoms with E-state index in [1.54, 1.807) is 0 Å². The van der Waals surface area contributed by atoms with Gasteiger partial charge < -0.3 is 10.5 Å². The predicted octanol–water partition coefficient (Wildman–Crippen LogP) is 1.95. The van der Waals surface area contributed by atoms with Crippen LogP contribution < -0.4 is 10.5 Å². The zero-order chi connectivity index (χ0) is 12.5. The Bertz CT molecular complexity index is 506. The van der Waals surface area contributed by atoms with Gasteiger partial charge in [0, 0.05) is 5.56 Å². The van der Waals surface area contributed by atoms with Crippen molar-refractivity contribution in [1.29, 1.82) is 0 Å². The van der Waals surface area contributed by atoms with Gasteiger partial charge in [0.15, 0.2) is 5.82 Å². The molecule has 90 valence electrons. The van der Waals surface area contributed by atoms with Gasteiger partial charge in [-0.1, -0.05) is 0 Å². The molecule has 0 aliphatic heterocycles. The number of H-pyrrole nitrogens is 1. The smallest absolute Gasteiger partial charge is 0.406 e. The van der Waals surface area contributed by atoms with E-state index < -0.39 is 6.36 Å². The lowest BCUT2D eigenvalue weighted by Crippen LogP contribution is -2.16. The first-order valence-electron chi connectivity index (χ1n) is 4.48. The third-order valence-electron chi connectivity index (χ3n) is 1.86. The number of nitrogens with two attached hydrogens (primary N) is 1. The number of nitrogen functional groups attached to an aromatic ring is 1. The van der Waals surface area contributed by atoms with Gasteiger partial charge in [-0.15, -0.1) is 18.3 Å². The number of hydrogen-bond donors (Lipinski definition) is 2. The molecule has 1 aromatic heterocycles. The first-order valence-corrected chi connectivity index (χ1v) is 4.48. The highest BCUT2D eigenvalue weighted by Gasteiger charge is 2.30. The molecular formula is C9H7F3N4O. The number of aromatic nitrogens is 3. The van der Waals surface area contributed by atoms with Crippen LogP contribution in [-0.4, -0.2) is 21.5 Å². The quantitative estimate of drug-likeness (QED) is 0.846. The number of aromatic amines is 1. The average Bonchev–Trinajstić information content (AvgIpc) is 2.63. The van der Waals surface area contributed by atoms with Crippen LogP contribution in [0.3, 0.4) is 0 Å². The molecule has 0 aliphatic rings. The summed E-state index contributed by atoms with van der Waals surface area (Å²) in [5.41, 5.74) is 5.86. The van der Waals surface area contributed by atoms with Crippen molar-refractivity contribution in [3.05, 3.63) is 24.3 Å². The van der Waals surface area contributed by atoms with Crippen molar-refractivity contribution in [2.75, 3.05) is 5.73 Å². The second-order valence-electron chi connectivity index (χ2n) is 3.11. The van der Waals surface area contributed by atoms with Crippen LogP contribution >= 0.6 is 0 Å². The monoisotopic (exact) mass is 244 g/mol. The molecule has 2 rings (SSSR count). The Labute approximate surface area is 93.4 Å². The van der Waals surface area contributed by atoms with Gasteiger partial charge in [0.1, 0.15) is 5.75 Å². The molecule has 0 bridgehead atoms. The minimum Gasteiger partial charge on any atom is -0.406 e. The topological polar surface area (TPSA) is 76.8 Å². The number of nitrogens with zero attached hydrogens (tertiary/aromatic N) is 2. The van der Waals surface area contributed by atoms with Crippen LogP contribution in [0.2, 0.25) is 0 Å². The molecule has 0 saturated heterocycles. The highest BCUT2D eigenvalue weighted by Crippen LogP contribution is 2.25. The summed E-state index contributed by atoms with van der Waals surface area (Å²) in [5.74, 6) is 0.144. The summed E-state index contributed by atoms with van der Waals surface area (Å²) in [7, 11) is 0. The van der Waals surface area contributed by atoms with Crippen molar-refractivity contribution in [2.45, 2.75) is 6.36 Å². The van der Waals surface area contributed by atoms with Gasteiger partial charge in [-0.05, 0) is 24.3 Å². The number of rotatable bonds is 2. The SMILES string of the molecule is Nc1n[nH]c(-c2ccc(OC(F)(F)F)cc2)n1. The van der Waals surface area contributed by atoms with Crippen LogP contribution in [0.25, 0.3) is 11.4 Å². The number of alkyl halides is 3. The van der Waals surface area contributed by atoms with E-state index in [1.807, 2.05) is 0 Å². The first kappa shape index (κ1) is 11.2. The minimum atomic E-state index is -4.70. The summed E-state index contributed by atoms with van der Waals surface area (Å²) >= 11 is 0. The van der Waals surface area contributed by atoms with Gasteiger partial charge in [-0.3, -0.25) is 5.10 Å². The first-order chi connectivity index (χ1) is 7.94. The normalized spacial score (nSPS) is 11.5. The zero-order valence-electron chi connectivity index (χ0n) is 8.32. The van der Waals surface area contributed by atoms with Crippen LogP contribution in [0, 0.1) is 0 Å². The number of ether oxygens (including phenoxy) is 1. The second-order valence-corrected chi connectivity index (χ2v) is 3.11. The summed E-state index contributed by atoms with van der Waals surface area (Å²) in [5, 5.41) is 6.15. The van der Waals surface area contributed by atoms with Crippen LogP contribution in [-0.2, 0) is 0 Å². The van der Waals surface area contributed by atoms with Gasteiger partial charge in [0.05, 0.1) is 0 Å². The van der Waals surface area contributed by atoms with Gasteiger partial charge in [-0.25, -0.2) is 0 Å². The van der Waals surface area contributed by atoms with Crippen molar-refractivity contribution in [1.82, 2.24) is 15.2 Å². The number of halogens is 3. The van der Waals surface area contributed by atoms with E-state index in [4.69, 9.17) is 5.73 Å². The summed E-state index contributed by atoms with van der Waals surface area (Å²) in [4.78, 5) is 3.83. The molecular weight excluding hydrogens is 237 g/mol. The Hall–Kier alpha value is -2.25. The maximum atomic E-state index is 11.9. The molecule has 0 spiro atoms. The fourth-order valence-electron chi connectivity index (χ4n) is 1.22. The minimum absolute atomic E-state index is 0.0654. The van der Waals surface area contributed by atoms with E-state index in [9.17, 15) is 13.2 Å². The van der Waals surface area contributed by atoms with Crippen molar-refractivity contribution >= 4 is 5.95 Å². The van der Waals surface area contributed by atoms with Crippen molar-refractivity contribution < 1.29 is 17.9 Å². The third-order valence-corrected chi connectivity index (χ3v) is 1.86. The fourth-order valence-corrected chi connectivity index (χ4v) is 1.22. The molecule has 1 heterocycles. The lowest BCUT2D eigenvalue weighted by molar-refractivity contribution is -0.274. The standard InChI is InChI=1S/C9H7F3N4O/c10-9(11,12)17-6-3-1-5(2-4-6)7-14-8(13)16-15-7/h1-4H,(H3,13,14,15,16). The van der Waals surface area contributed by atoms with E-state index in [0.717, 1.165) is 0 Å². The van der Waals surface area contributed by atoms with E-state index in [0.29, 0.717) is 11.4 Å². The molecule has 17 heavy (non-hydrogen) atoms. The maximum absolute atomic E-state index is 11.9. The molecule has 0 amide bonds. The lowest BCUT2D eigenvalue weighted by Gasteiger charge is -2.08. The molecule has 5 nitrogen and oxygen atoms in total. The Morgan fingerprint density at radius 3 is 2.29 bits per heavy atom. The Balaban J connectivity index is 2.19. The van der Waals surface area contributed by atoms with Crippen LogP contribution in [0.5, 0.6) is 5.75 Å². The van der Waals surface area contributed by atoms with Crippen molar-refractivity contribution in [3.63, 3.8) is 0 Å². The highest BCUT2D eigenvalue weighted by molar-refractivity contribution is 5.56. The molecule has 3 N–H and O–H groups in total. The molecule has 0 radical (unpaired) electrons. The van der Waals surface area contributed by atoms with Gasteiger partial charge in [-0.2, -0.15) is 4.98 Å². The van der Waals surface area contributed by atoms with Gasteiger partial charge >= 0.3 is 6.36 Å². The number of hydrogen-bond acceptors (Lipinski definition) is 4. The summed E-state index contributed by atoms with van der Waals surface area (Å²) in [6.07, 6.45) is -4.70. The number of nitrogens with one attached hydrogen (secondary N) is 1. The fraction of sp³-hybridized carbons (Fsp3) is 0.111. The van der Waals surface area contributed by atoms with E-state index in [-0.39, 0.29) is 11.7 Å². The Morgan fingerprint density at radius 2 is 1.82 bits per heavy atom. The zero-order valence-corrected chi connectivity index (χ0v) is 8.32. The molecule has 0 aliphatic carbocycles. The van der Waals surface area contributed by atoms with Gasteiger partial charge in [0.2, 0.25) is 5.95 Å². The van der Waals surface area contributed by atoms with E-state index in [2.05, 4.69) is 19.9 Å². The Morgan fingerprint density at radius 1 is 1.18 bits per heavy atom.